The normalized spacial score (nSPS) is 16.3. The number of amides is 1. The van der Waals surface area contributed by atoms with Gasteiger partial charge in [-0.1, -0.05) is 36.2 Å². The summed E-state index contributed by atoms with van der Waals surface area (Å²) in [5, 5.41) is 7.20. The molecule has 0 unspecified atom stereocenters. The molecule has 6 nitrogen and oxygen atoms in total. The van der Waals surface area contributed by atoms with Crippen LogP contribution in [0.15, 0.2) is 46.4 Å². The summed E-state index contributed by atoms with van der Waals surface area (Å²) >= 11 is 12.0. The van der Waals surface area contributed by atoms with Crippen LogP contribution in [0.4, 0.5) is 0 Å². The fourth-order valence-electron chi connectivity index (χ4n) is 2.39. The van der Waals surface area contributed by atoms with Gasteiger partial charge in [0.2, 0.25) is 0 Å². The first-order valence-corrected chi connectivity index (χ1v) is 9.84. The molecule has 1 aromatic rings. The first-order valence-electron chi connectivity index (χ1n) is 9.09. The lowest BCUT2D eigenvalue weighted by atomic mass is 10.1. The number of benzene rings is 1. The molecule has 1 heterocycles. The van der Waals surface area contributed by atoms with Gasteiger partial charge in [-0.2, -0.15) is 0 Å². The number of carbonyl (C=O) groups excluding carboxylic acids is 1. The molecule has 1 aromatic carbocycles. The summed E-state index contributed by atoms with van der Waals surface area (Å²) in [6, 6.07) is 5.41. The minimum atomic E-state index is -0.310. The Labute approximate surface area is 175 Å². The predicted molar refractivity (Wildman–Crippen MR) is 114 cm³/mol. The summed E-state index contributed by atoms with van der Waals surface area (Å²) in [4.78, 5) is 17.3. The molecular formula is C20H26Cl2N4O2. The monoisotopic (exact) mass is 424 g/mol. The van der Waals surface area contributed by atoms with Gasteiger partial charge in [-0.05, 0) is 55.3 Å². The van der Waals surface area contributed by atoms with Gasteiger partial charge in [0, 0.05) is 6.54 Å². The number of aliphatic imine (C=N–C) groups is 1. The second-order valence-electron chi connectivity index (χ2n) is 6.58. The Morgan fingerprint density at radius 2 is 2.04 bits per heavy atom. The SMILES string of the molecule is CC/C(C)=C(/NCc1ccc(Cl)c(Cl)c1)NC(=O)C(=NC1COC1)C(C)=CN. The molecule has 0 atom stereocenters. The molecule has 0 aromatic heterocycles. The molecule has 1 amide bonds. The largest absolute Gasteiger partial charge is 0.404 e. The molecule has 1 aliphatic heterocycles. The molecule has 4 N–H and O–H groups in total. The molecule has 0 radical (unpaired) electrons. The third kappa shape index (κ3) is 5.99. The number of allylic oxidation sites excluding steroid dienone is 1. The van der Waals surface area contributed by atoms with Gasteiger partial charge in [-0.3, -0.25) is 9.79 Å². The van der Waals surface area contributed by atoms with E-state index in [9.17, 15) is 4.79 Å². The predicted octanol–water partition coefficient (Wildman–Crippen LogP) is 3.54. The van der Waals surface area contributed by atoms with Crippen LogP contribution in [0.3, 0.4) is 0 Å². The van der Waals surface area contributed by atoms with Crippen molar-refractivity contribution >= 4 is 34.8 Å². The molecule has 1 saturated heterocycles. The van der Waals surface area contributed by atoms with Gasteiger partial charge in [-0.25, -0.2) is 0 Å². The molecule has 28 heavy (non-hydrogen) atoms. The van der Waals surface area contributed by atoms with Crippen molar-refractivity contribution in [1.82, 2.24) is 10.6 Å². The van der Waals surface area contributed by atoms with E-state index in [0.717, 1.165) is 17.6 Å². The maximum atomic E-state index is 12.9. The summed E-state index contributed by atoms with van der Waals surface area (Å²) in [7, 11) is 0. The van der Waals surface area contributed by atoms with Crippen LogP contribution in [0, 0.1) is 0 Å². The molecule has 0 spiro atoms. The second-order valence-corrected chi connectivity index (χ2v) is 7.40. The summed E-state index contributed by atoms with van der Waals surface area (Å²) in [5.74, 6) is 0.330. The van der Waals surface area contributed by atoms with Crippen molar-refractivity contribution in [3.63, 3.8) is 0 Å². The van der Waals surface area contributed by atoms with E-state index in [4.69, 9.17) is 33.7 Å². The zero-order valence-corrected chi connectivity index (χ0v) is 17.8. The van der Waals surface area contributed by atoms with E-state index in [0.29, 0.717) is 46.9 Å². The van der Waals surface area contributed by atoms with Crippen molar-refractivity contribution in [1.29, 1.82) is 0 Å². The highest BCUT2D eigenvalue weighted by Gasteiger charge is 2.22. The maximum Gasteiger partial charge on any atom is 0.275 e. The van der Waals surface area contributed by atoms with Crippen molar-refractivity contribution in [2.24, 2.45) is 10.7 Å². The van der Waals surface area contributed by atoms with E-state index in [1.807, 2.05) is 19.9 Å². The molecule has 0 aliphatic carbocycles. The second kappa shape index (κ2) is 10.5. The number of halogens is 2. The number of nitrogens with one attached hydrogen (secondary N) is 2. The van der Waals surface area contributed by atoms with E-state index in [1.54, 1.807) is 19.1 Å². The summed E-state index contributed by atoms with van der Waals surface area (Å²) in [6.45, 7) is 7.26. The van der Waals surface area contributed by atoms with E-state index in [1.165, 1.54) is 6.20 Å². The lowest BCUT2D eigenvalue weighted by Crippen LogP contribution is -2.40. The van der Waals surface area contributed by atoms with Gasteiger partial charge >= 0.3 is 0 Å². The Morgan fingerprint density at radius 1 is 1.32 bits per heavy atom. The summed E-state index contributed by atoms with van der Waals surface area (Å²) in [6.07, 6.45) is 2.16. The molecule has 0 saturated carbocycles. The van der Waals surface area contributed by atoms with E-state index >= 15 is 0 Å². The Kier molecular flexibility index (Phi) is 8.35. The van der Waals surface area contributed by atoms with Crippen LogP contribution >= 0.6 is 23.2 Å². The van der Waals surface area contributed by atoms with Gasteiger partial charge < -0.3 is 21.1 Å². The van der Waals surface area contributed by atoms with Crippen LogP contribution in [0.5, 0.6) is 0 Å². The number of carbonyl (C=O) groups is 1. The smallest absolute Gasteiger partial charge is 0.275 e. The maximum absolute atomic E-state index is 12.9. The van der Waals surface area contributed by atoms with Crippen LogP contribution in [0.25, 0.3) is 0 Å². The van der Waals surface area contributed by atoms with E-state index < -0.39 is 0 Å². The quantitative estimate of drug-likeness (QED) is 0.556. The molecular weight excluding hydrogens is 399 g/mol. The fraction of sp³-hybridized carbons (Fsp3) is 0.400. The lowest BCUT2D eigenvalue weighted by molar-refractivity contribution is -0.114. The number of nitrogens with zero attached hydrogens (tertiary/aromatic N) is 1. The molecule has 8 heteroatoms. The fourth-order valence-corrected chi connectivity index (χ4v) is 2.71. The topological polar surface area (TPSA) is 88.7 Å². The van der Waals surface area contributed by atoms with Crippen LogP contribution in [0.1, 0.15) is 32.8 Å². The van der Waals surface area contributed by atoms with Crippen molar-refractivity contribution in [3.05, 3.63) is 57.0 Å². The summed E-state index contributed by atoms with van der Waals surface area (Å²) < 4.78 is 5.14. The van der Waals surface area contributed by atoms with Crippen LogP contribution < -0.4 is 16.4 Å². The Balaban J connectivity index is 2.15. The van der Waals surface area contributed by atoms with E-state index in [-0.39, 0.29) is 11.9 Å². The Hall–Kier alpha value is -2.02. The van der Waals surface area contributed by atoms with Gasteiger partial charge in [-0.15, -0.1) is 0 Å². The number of ether oxygens (including phenoxy) is 1. The average molecular weight is 425 g/mol. The first-order chi connectivity index (χ1) is 13.3. The van der Waals surface area contributed by atoms with Crippen molar-refractivity contribution in [3.8, 4) is 0 Å². The average Bonchev–Trinajstić information content (AvgIpc) is 2.65. The minimum Gasteiger partial charge on any atom is -0.404 e. The van der Waals surface area contributed by atoms with Crippen LogP contribution in [-0.4, -0.2) is 30.9 Å². The van der Waals surface area contributed by atoms with Gasteiger partial charge in [0.05, 0.1) is 29.3 Å². The van der Waals surface area contributed by atoms with Gasteiger partial charge in [0.15, 0.2) is 0 Å². The third-order valence-corrected chi connectivity index (χ3v) is 5.16. The van der Waals surface area contributed by atoms with Gasteiger partial charge in [0.25, 0.3) is 5.91 Å². The third-order valence-electron chi connectivity index (χ3n) is 4.42. The number of rotatable bonds is 8. The van der Waals surface area contributed by atoms with Crippen molar-refractivity contribution in [2.75, 3.05) is 13.2 Å². The highest BCUT2D eigenvalue weighted by atomic mass is 35.5. The van der Waals surface area contributed by atoms with Gasteiger partial charge in [0.1, 0.15) is 11.5 Å². The van der Waals surface area contributed by atoms with Crippen molar-refractivity contribution < 1.29 is 9.53 Å². The Bertz CT molecular complexity index is 814. The molecule has 1 fully saturated rings. The number of hydrogen-bond donors (Lipinski definition) is 3. The zero-order chi connectivity index (χ0) is 20.7. The van der Waals surface area contributed by atoms with Crippen molar-refractivity contribution in [2.45, 2.75) is 39.8 Å². The Morgan fingerprint density at radius 3 is 2.57 bits per heavy atom. The minimum absolute atomic E-state index is 0.0143. The van der Waals surface area contributed by atoms with Crippen LogP contribution in [-0.2, 0) is 16.1 Å². The summed E-state index contributed by atoms with van der Waals surface area (Å²) in [5.41, 5.74) is 8.50. The highest BCUT2D eigenvalue weighted by molar-refractivity contribution is 6.45. The van der Waals surface area contributed by atoms with Crippen LogP contribution in [0.2, 0.25) is 10.0 Å². The standard InChI is InChI=1S/C20H26Cl2N4O2/c1-4-12(2)19(24-9-14-5-6-16(21)17(22)7-14)26-20(27)18(13(3)8-23)25-15-10-28-11-15/h5-8,15,24H,4,9-11,23H2,1-3H3,(H,26,27)/b13-8?,19-12-,25-18?. The highest BCUT2D eigenvalue weighted by Crippen LogP contribution is 2.22. The zero-order valence-electron chi connectivity index (χ0n) is 16.3. The lowest BCUT2D eigenvalue weighted by Gasteiger charge is -2.23. The molecule has 152 valence electrons. The first kappa shape index (κ1) is 22.3. The molecule has 2 rings (SSSR count). The number of hydrogen-bond acceptors (Lipinski definition) is 5. The van der Waals surface area contributed by atoms with E-state index in [2.05, 4.69) is 15.6 Å². The molecule has 1 aliphatic rings. The number of nitrogens with two attached hydrogens (primary N) is 1. The molecule has 0 bridgehead atoms.